The fourth-order valence-electron chi connectivity index (χ4n) is 1.90. The Balaban J connectivity index is 3.25. The lowest BCUT2D eigenvalue weighted by Crippen LogP contribution is -2.47. The van der Waals surface area contributed by atoms with Gasteiger partial charge in [-0.2, -0.15) is 0 Å². The molecule has 0 bridgehead atoms. The number of hydrogen-bond donors (Lipinski definition) is 2. The lowest BCUT2D eigenvalue weighted by molar-refractivity contribution is 0.427. The smallest absolute Gasteiger partial charge is 0.154 e. The highest BCUT2D eigenvalue weighted by atomic mass is 32.2. The minimum Gasteiger partial charge on any atom is -0.271 e. The highest BCUT2D eigenvalue weighted by Crippen LogP contribution is 2.31. The van der Waals surface area contributed by atoms with E-state index < -0.39 is 20.6 Å². The molecule has 4 nitrogen and oxygen atoms in total. The summed E-state index contributed by atoms with van der Waals surface area (Å²) >= 11 is 0. The molecular weight excluding hydrogens is 248 g/mol. The quantitative estimate of drug-likeness (QED) is 0.629. The van der Waals surface area contributed by atoms with Gasteiger partial charge in [0.15, 0.2) is 9.84 Å². The van der Waals surface area contributed by atoms with Gasteiger partial charge in [-0.15, -0.1) is 0 Å². The summed E-state index contributed by atoms with van der Waals surface area (Å²) < 4.78 is 22.8. The van der Waals surface area contributed by atoms with Gasteiger partial charge in [0.2, 0.25) is 0 Å². The SMILES string of the molecule is CCc1cccc(C(NN)C(C)(C)S(C)(=O)=O)c1. The van der Waals surface area contributed by atoms with E-state index in [9.17, 15) is 8.42 Å². The average Bonchev–Trinajstić information content (AvgIpc) is 2.28. The van der Waals surface area contributed by atoms with Crippen LogP contribution in [-0.2, 0) is 16.3 Å². The van der Waals surface area contributed by atoms with Crippen LogP contribution in [0.15, 0.2) is 24.3 Å². The van der Waals surface area contributed by atoms with Crippen molar-refractivity contribution in [2.75, 3.05) is 6.26 Å². The van der Waals surface area contributed by atoms with Crippen LogP contribution >= 0.6 is 0 Å². The molecule has 0 saturated heterocycles. The van der Waals surface area contributed by atoms with E-state index in [0.717, 1.165) is 17.5 Å². The first-order valence-corrected chi connectivity index (χ1v) is 7.87. The molecule has 0 aliphatic heterocycles. The number of hydrazine groups is 1. The van der Waals surface area contributed by atoms with Crippen molar-refractivity contribution in [2.24, 2.45) is 5.84 Å². The number of aryl methyl sites for hydroxylation is 1. The third-order valence-electron chi connectivity index (χ3n) is 3.51. The first kappa shape index (κ1) is 15.1. The molecule has 1 unspecified atom stereocenters. The summed E-state index contributed by atoms with van der Waals surface area (Å²) in [5.74, 6) is 5.56. The van der Waals surface area contributed by atoms with Crippen molar-refractivity contribution in [3.05, 3.63) is 35.4 Å². The van der Waals surface area contributed by atoms with Gasteiger partial charge in [0.25, 0.3) is 0 Å². The Labute approximate surface area is 109 Å². The molecule has 0 aromatic heterocycles. The highest BCUT2D eigenvalue weighted by molar-refractivity contribution is 7.92. The second-order valence-corrected chi connectivity index (χ2v) is 7.67. The first-order valence-electron chi connectivity index (χ1n) is 5.98. The van der Waals surface area contributed by atoms with Gasteiger partial charge < -0.3 is 0 Å². The van der Waals surface area contributed by atoms with Crippen LogP contribution in [0.3, 0.4) is 0 Å². The van der Waals surface area contributed by atoms with Gasteiger partial charge in [0.1, 0.15) is 0 Å². The Morgan fingerprint density at radius 2 is 2.00 bits per heavy atom. The van der Waals surface area contributed by atoms with Crippen molar-refractivity contribution in [3.63, 3.8) is 0 Å². The summed E-state index contributed by atoms with van der Waals surface area (Å²) in [5.41, 5.74) is 4.70. The van der Waals surface area contributed by atoms with Crippen molar-refractivity contribution in [1.82, 2.24) is 5.43 Å². The topological polar surface area (TPSA) is 72.2 Å². The Hall–Kier alpha value is -0.910. The van der Waals surface area contributed by atoms with Gasteiger partial charge in [0, 0.05) is 6.26 Å². The average molecular weight is 270 g/mol. The normalized spacial score (nSPS) is 14.5. The molecule has 1 aromatic carbocycles. The molecule has 1 rings (SSSR count). The van der Waals surface area contributed by atoms with E-state index in [0.29, 0.717) is 0 Å². The Kier molecular flexibility index (Phi) is 4.53. The molecule has 0 heterocycles. The molecular formula is C13H22N2O2S. The lowest BCUT2D eigenvalue weighted by Gasteiger charge is -2.32. The summed E-state index contributed by atoms with van der Waals surface area (Å²) in [5, 5.41) is 0. The van der Waals surface area contributed by atoms with Crippen LogP contribution in [0.4, 0.5) is 0 Å². The monoisotopic (exact) mass is 270 g/mol. The molecule has 0 amide bonds. The minimum atomic E-state index is -3.22. The molecule has 1 atom stereocenters. The Morgan fingerprint density at radius 1 is 1.39 bits per heavy atom. The molecule has 1 aromatic rings. The van der Waals surface area contributed by atoms with E-state index >= 15 is 0 Å². The Morgan fingerprint density at radius 3 is 2.44 bits per heavy atom. The summed E-state index contributed by atoms with van der Waals surface area (Å²) in [4.78, 5) is 0. The largest absolute Gasteiger partial charge is 0.271 e. The maximum absolute atomic E-state index is 11.9. The van der Waals surface area contributed by atoms with Gasteiger partial charge in [-0.3, -0.25) is 11.3 Å². The fraction of sp³-hybridized carbons (Fsp3) is 0.538. The van der Waals surface area contributed by atoms with Gasteiger partial charge >= 0.3 is 0 Å². The molecule has 0 fully saturated rings. The second kappa shape index (κ2) is 5.38. The van der Waals surface area contributed by atoms with Crippen molar-refractivity contribution in [3.8, 4) is 0 Å². The van der Waals surface area contributed by atoms with Gasteiger partial charge in [-0.1, -0.05) is 31.2 Å². The van der Waals surface area contributed by atoms with Crippen LogP contribution < -0.4 is 11.3 Å². The number of rotatable bonds is 5. The first-order chi connectivity index (χ1) is 8.24. The number of benzene rings is 1. The zero-order chi connectivity index (χ0) is 14.0. The molecule has 3 N–H and O–H groups in total. The van der Waals surface area contributed by atoms with E-state index in [2.05, 4.69) is 12.3 Å². The maximum atomic E-state index is 11.9. The van der Waals surface area contributed by atoms with E-state index in [-0.39, 0.29) is 0 Å². The van der Waals surface area contributed by atoms with Crippen LogP contribution in [0, 0.1) is 0 Å². The predicted molar refractivity (Wildman–Crippen MR) is 74.8 cm³/mol. The minimum absolute atomic E-state index is 0.431. The van der Waals surface area contributed by atoms with Gasteiger partial charge in [-0.05, 0) is 31.4 Å². The summed E-state index contributed by atoms with van der Waals surface area (Å²) in [6.07, 6.45) is 2.14. The molecule has 0 saturated carbocycles. The second-order valence-electron chi connectivity index (χ2n) is 5.07. The van der Waals surface area contributed by atoms with Crippen LogP contribution in [0.1, 0.15) is 37.9 Å². The molecule has 0 aliphatic rings. The predicted octanol–water partition coefficient (Wildman–Crippen LogP) is 1.58. The van der Waals surface area contributed by atoms with E-state index in [4.69, 9.17) is 5.84 Å². The van der Waals surface area contributed by atoms with E-state index in [1.54, 1.807) is 13.8 Å². The van der Waals surface area contributed by atoms with Gasteiger partial charge in [-0.25, -0.2) is 8.42 Å². The van der Waals surface area contributed by atoms with E-state index in [1.165, 1.54) is 6.26 Å². The molecule has 5 heteroatoms. The lowest BCUT2D eigenvalue weighted by atomic mass is 9.94. The number of nitrogens with one attached hydrogen (secondary N) is 1. The molecule has 18 heavy (non-hydrogen) atoms. The van der Waals surface area contributed by atoms with Gasteiger partial charge in [0.05, 0.1) is 10.8 Å². The third kappa shape index (κ3) is 2.91. The number of sulfone groups is 1. The number of nitrogens with two attached hydrogens (primary N) is 1. The van der Waals surface area contributed by atoms with Crippen molar-refractivity contribution in [2.45, 2.75) is 38.0 Å². The number of hydrogen-bond acceptors (Lipinski definition) is 4. The molecule has 0 radical (unpaired) electrons. The van der Waals surface area contributed by atoms with Crippen molar-refractivity contribution >= 4 is 9.84 Å². The zero-order valence-electron chi connectivity index (χ0n) is 11.4. The molecule has 0 spiro atoms. The highest BCUT2D eigenvalue weighted by Gasteiger charge is 2.39. The molecule has 0 aliphatic carbocycles. The summed E-state index contributed by atoms with van der Waals surface area (Å²) in [6.45, 7) is 5.43. The third-order valence-corrected chi connectivity index (χ3v) is 5.66. The van der Waals surface area contributed by atoms with Crippen molar-refractivity contribution in [1.29, 1.82) is 0 Å². The zero-order valence-corrected chi connectivity index (χ0v) is 12.2. The van der Waals surface area contributed by atoms with Crippen LogP contribution in [0.25, 0.3) is 0 Å². The Bertz CT molecular complexity index is 509. The standard InChI is InChI=1S/C13H22N2O2S/c1-5-10-7-6-8-11(9-10)12(15-14)13(2,3)18(4,16)17/h6-9,12,15H,5,14H2,1-4H3. The van der Waals surface area contributed by atoms with Crippen LogP contribution in [0.5, 0.6) is 0 Å². The summed E-state index contributed by atoms with van der Waals surface area (Å²) in [6, 6.07) is 7.41. The van der Waals surface area contributed by atoms with Crippen molar-refractivity contribution < 1.29 is 8.42 Å². The molecule has 102 valence electrons. The maximum Gasteiger partial charge on any atom is 0.154 e. The van der Waals surface area contributed by atoms with Crippen LogP contribution in [0.2, 0.25) is 0 Å². The van der Waals surface area contributed by atoms with Crippen LogP contribution in [-0.4, -0.2) is 19.4 Å². The van der Waals surface area contributed by atoms with E-state index in [1.807, 2.05) is 24.3 Å². The fourth-order valence-corrected chi connectivity index (χ4v) is 2.54. The summed E-state index contributed by atoms with van der Waals surface area (Å²) in [7, 11) is -3.22.